The highest BCUT2D eigenvalue weighted by molar-refractivity contribution is 5.80. The highest BCUT2D eigenvalue weighted by Crippen LogP contribution is 2.41. The Balaban J connectivity index is 1.56. The van der Waals surface area contributed by atoms with Crippen LogP contribution in [0, 0.1) is 11.7 Å². The fourth-order valence-corrected chi connectivity index (χ4v) is 3.73. The van der Waals surface area contributed by atoms with E-state index in [1.807, 2.05) is 11.0 Å². The van der Waals surface area contributed by atoms with Crippen LogP contribution in [0.5, 0.6) is 0 Å². The Labute approximate surface area is 118 Å². The average molecular weight is 274 g/mol. The molecule has 0 bridgehead atoms. The second-order valence-corrected chi connectivity index (χ2v) is 6.29. The van der Waals surface area contributed by atoms with Crippen LogP contribution in [0.1, 0.15) is 37.2 Å². The second kappa shape index (κ2) is 4.47. The third-order valence-corrected chi connectivity index (χ3v) is 5.13. The molecule has 1 amide bonds. The normalized spacial score (nSPS) is 28.4. The van der Waals surface area contributed by atoms with Crippen molar-refractivity contribution in [2.75, 3.05) is 18.4 Å². The monoisotopic (exact) mass is 274 g/mol. The van der Waals surface area contributed by atoms with Gasteiger partial charge in [0.15, 0.2) is 0 Å². The number of benzene rings is 1. The summed E-state index contributed by atoms with van der Waals surface area (Å²) in [5.74, 6) is 0.638. The maximum absolute atomic E-state index is 13.5. The van der Waals surface area contributed by atoms with Crippen molar-refractivity contribution in [3.63, 3.8) is 0 Å². The summed E-state index contributed by atoms with van der Waals surface area (Å²) in [5, 5.41) is 3.48. The van der Waals surface area contributed by atoms with Gasteiger partial charge in [0.05, 0.1) is 0 Å². The fraction of sp³-hybridized carbons (Fsp3) is 0.562. The highest BCUT2D eigenvalue weighted by Gasteiger charge is 2.40. The first-order valence-electron chi connectivity index (χ1n) is 7.57. The highest BCUT2D eigenvalue weighted by atomic mass is 19.1. The van der Waals surface area contributed by atoms with Gasteiger partial charge in [-0.25, -0.2) is 4.39 Å². The zero-order chi connectivity index (χ0) is 13.7. The van der Waals surface area contributed by atoms with Crippen molar-refractivity contribution in [2.45, 2.75) is 37.6 Å². The van der Waals surface area contributed by atoms with E-state index in [-0.39, 0.29) is 17.7 Å². The van der Waals surface area contributed by atoms with E-state index in [1.54, 1.807) is 6.07 Å². The Morgan fingerprint density at radius 2 is 2.15 bits per heavy atom. The van der Waals surface area contributed by atoms with Gasteiger partial charge in [-0.1, -0.05) is 6.42 Å². The predicted octanol–water partition coefficient (Wildman–Crippen LogP) is 2.74. The Hall–Kier alpha value is -1.58. The number of likely N-dealkylation sites (tertiary alicyclic amines) is 1. The molecule has 3 aliphatic rings. The molecule has 4 heteroatoms. The van der Waals surface area contributed by atoms with Crippen LogP contribution in [-0.4, -0.2) is 29.9 Å². The molecular formula is C16H19FN2O. The number of nitrogens with zero attached hydrogens (tertiary/aromatic N) is 1. The molecule has 0 radical (unpaired) electrons. The van der Waals surface area contributed by atoms with Crippen LogP contribution < -0.4 is 5.32 Å². The Morgan fingerprint density at radius 3 is 2.90 bits per heavy atom. The summed E-state index contributed by atoms with van der Waals surface area (Å²) >= 11 is 0. The number of anilines is 1. The second-order valence-electron chi connectivity index (χ2n) is 6.29. The zero-order valence-electron chi connectivity index (χ0n) is 11.4. The lowest BCUT2D eigenvalue weighted by molar-refractivity contribution is -0.139. The third kappa shape index (κ3) is 1.81. The molecule has 2 atom stereocenters. The number of carbonyl (C=O) groups excluding carboxylic acids is 1. The Bertz CT molecular complexity index is 555. The first-order valence-corrected chi connectivity index (χ1v) is 7.57. The summed E-state index contributed by atoms with van der Waals surface area (Å²) < 4.78 is 13.5. The van der Waals surface area contributed by atoms with Crippen LogP contribution in [-0.2, 0) is 4.79 Å². The predicted molar refractivity (Wildman–Crippen MR) is 75.1 cm³/mol. The molecule has 1 saturated heterocycles. The molecule has 1 aromatic carbocycles. The first-order chi connectivity index (χ1) is 9.72. The van der Waals surface area contributed by atoms with E-state index < -0.39 is 0 Å². The number of fused-ring (bicyclic) bond motifs is 3. The molecule has 2 aliphatic heterocycles. The quantitative estimate of drug-likeness (QED) is 0.854. The first kappa shape index (κ1) is 12.2. The summed E-state index contributed by atoms with van der Waals surface area (Å²) in [7, 11) is 0. The van der Waals surface area contributed by atoms with Gasteiger partial charge < -0.3 is 10.2 Å². The molecule has 2 fully saturated rings. The Morgan fingerprint density at radius 1 is 1.30 bits per heavy atom. The van der Waals surface area contributed by atoms with Crippen molar-refractivity contribution in [1.29, 1.82) is 0 Å². The molecule has 1 aliphatic carbocycles. The van der Waals surface area contributed by atoms with Gasteiger partial charge in [0.25, 0.3) is 0 Å². The molecule has 3 nitrogen and oxygen atoms in total. The molecule has 0 aromatic heterocycles. The summed E-state index contributed by atoms with van der Waals surface area (Å²) in [4.78, 5) is 14.4. The van der Waals surface area contributed by atoms with Gasteiger partial charge >= 0.3 is 0 Å². The maximum atomic E-state index is 13.5. The van der Waals surface area contributed by atoms with Gasteiger partial charge in [-0.2, -0.15) is 0 Å². The van der Waals surface area contributed by atoms with Gasteiger partial charge in [-0.15, -0.1) is 0 Å². The number of rotatable bonds is 1. The number of halogens is 1. The van der Waals surface area contributed by atoms with E-state index in [0.29, 0.717) is 11.9 Å². The largest absolute Gasteiger partial charge is 0.381 e. The molecule has 4 rings (SSSR count). The van der Waals surface area contributed by atoms with Gasteiger partial charge in [-0.05, 0) is 43.0 Å². The van der Waals surface area contributed by atoms with Crippen molar-refractivity contribution in [1.82, 2.24) is 4.90 Å². The molecule has 20 heavy (non-hydrogen) atoms. The summed E-state index contributed by atoms with van der Waals surface area (Å²) in [6, 6.07) is 5.31. The molecule has 1 N–H and O–H groups in total. The van der Waals surface area contributed by atoms with Crippen molar-refractivity contribution < 1.29 is 9.18 Å². The van der Waals surface area contributed by atoms with Gasteiger partial charge in [0, 0.05) is 36.7 Å². The molecule has 1 aromatic rings. The molecular weight excluding hydrogens is 255 g/mol. The topological polar surface area (TPSA) is 32.3 Å². The number of hydrogen-bond donors (Lipinski definition) is 1. The summed E-state index contributed by atoms with van der Waals surface area (Å²) in [6.45, 7) is 1.57. The van der Waals surface area contributed by atoms with E-state index >= 15 is 0 Å². The van der Waals surface area contributed by atoms with E-state index in [0.717, 1.165) is 43.6 Å². The molecule has 0 spiro atoms. The summed E-state index contributed by atoms with van der Waals surface area (Å²) in [6.07, 6.45) is 4.24. The van der Waals surface area contributed by atoms with Gasteiger partial charge in [-0.3, -0.25) is 4.79 Å². The minimum absolute atomic E-state index is 0.186. The minimum atomic E-state index is -0.186. The van der Waals surface area contributed by atoms with Crippen LogP contribution >= 0.6 is 0 Å². The number of nitrogens with one attached hydrogen (secondary N) is 1. The maximum Gasteiger partial charge on any atom is 0.225 e. The molecule has 1 saturated carbocycles. The SMILES string of the molecule is O=C(C1CCC1)N1CC[C@H]2Nc3ccc(F)cc3[C@@H]2C1. The van der Waals surface area contributed by atoms with Crippen LogP contribution in [0.4, 0.5) is 10.1 Å². The lowest BCUT2D eigenvalue weighted by Crippen LogP contribution is -2.48. The smallest absolute Gasteiger partial charge is 0.225 e. The van der Waals surface area contributed by atoms with E-state index in [9.17, 15) is 9.18 Å². The molecule has 0 unspecified atom stereocenters. The van der Waals surface area contributed by atoms with E-state index in [4.69, 9.17) is 0 Å². The average Bonchev–Trinajstić information content (AvgIpc) is 2.74. The van der Waals surface area contributed by atoms with E-state index in [1.165, 1.54) is 12.5 Å². The van der Waals surface area contributed by atoms with Crippen molar-refractivity contribution in [2.24, 2.45) is 5.92 Å². The van der Waals surface area contributed by atoms with Gasteiger partial charge in [0.1, 0.15) is 5.82 Å². The number of hydrogen-bond acceptors (Lipinski definition) is 2. The lowest BCUT2D eigenvalue weighted by atomic mass is 9.82. The zero-order valence-corrected chi connectivity index (χ0v) is 11.4. The van der Waals surface area contributed by atoms with Crippen LogP contribution in [0.25, 0.3) is 0 Å². The minimum Gasteiger partial charge on any atom is -0.381 e. The number of amides is 1. The molecule has 106 valence electrons. The number of piperidine rings is 1. The Kier molecular flexibility index (Phi) is 2.72. The van der Waals surface area contributed by atoms with Crippen LogP contribution in [0.15, 0.2) is 18.2 Å². The molecule has 2 heterocycles. The van der Waals surface area contributed by atoms with Crippen molar-refractivity contribution >= 4 is 11.6 Å². The van der Waals surface area contributed by atoms with E-state index in [2.05, 4.69) is 5.32 Å². The fourth-order valence-electron chi connectivity index (χ4n) is 3.73. The summed E-state index contributed by atoms with van der Waals surface area (Å²) in [5.41, 5.74) is 2.08. The number of carbonyl (C=O) groups is 1. The standard InChI is InChI=1S/C16H19FN2O/c17-11-4-5-14-12(8-11)13-9-19(7-6-15(13)18-14)16(20)10-2-1-3-10/h4-5,8,10,13,15,18H,1-3,6-7,9H2/t13-,15+/m0/s1. The van der Waals surface area contributed by atoms with Crippen molar-refractivity contribution in [3.8, 4) is 0 Å². The third-order valence-electron chi connectivity index (χ3n) is 5.13. The van der Waals surface area contributed by atoms with Crippen LogP contribution in [0.2, 0.25) is 0 Å². The lowest BCUT2D eigenvalue weighted by Gasteiger charge is -2.38. The van der Waals surface area contributed by atoms with Crippen LogP contribution in [0.3, 0.4) is 0 Å². The van der Waals surface area contributed by atoms with Crippen molar-refractivity contribution in [3.05, 3.63) is 29.6 Å². The van der Waals surface area contributed by atoms with Gasteiger partial charge in [0.2, 0.25) is 5.91 Å².